The van der Waals surface area contributed by atoms with E-state index in [1.165, 1.54) is 42.1 Å². The number of methoxy groups -OCH3 is 1. The smallest absolute Gasteiger partial charge is 0.211 e. The first-order valence-corrected chi connectivity index (χ1v) is 11.5. The molecule has 1 fully saturated rings. The highest BCUT2D eigenvalue weighted by Crippen LogP contribution is 2.32. The van der Waals surface area contributed by atoms with Gasteiger partial charge in [-0.05, 0) is 24.3 Å². The van der Waals surface area contributed by atoms with Gasteiger partial charge in [-0.1, -0.05) is 18.2 Å². The molecule has 0 bridgehead atoms. The van der Waals surface area contributed by atoms with Crippen LogP contribution in [-0.2, 0) is 10.0 Å². The third kappa shape index (κ3) is 4.26. The number of aromatic nitrogens is 2. The van der Waals surface area contributed by atoms with Crippen molar-refractivity contribution < 1.29 is 21.9 Å². The number of benzene rings is 2. The van der Waals surface area contributed by atoms with Crippen LogP contribution < -0.4 is 9.64 Å². The molecular formula is C21H22F2N4O3S. The average molecular weight is 448 g/mol. The van der Waals surface area contributed by atoms with E-state index in [2.05, 4.69) is 10.00 Å². The topological polar surface area (TPSA) is 67.7 Å². The number of ether oxygens (including phenoxy) is 1. The first-order chi connectivity index (χ1) is 14.8. The minimum absolute atomic E-state index is 0.271. The van der Waals surface area contributed by atoms with Crippen molar-refractivity contribution in [2.24, 2.45) is 0 Å². The van der Waals surface area contributed by atoms with E-state index in [9.17, 15) is 17.2 Å². The maximum atomic E-state index is 14.2. The number of nitrogens with zero attached hydrogens (tertiary/aromatic N) is 4. The van der Waals surface area contributed by atoms with E-state index in [1.54, 1.807) is 0 Å². The van der Waals surface area contributed by atoms with Gasteiger partial charge in [0, 0.05) is 37.4 Å². The van der Waals surface area contributed by atoms with Crippen molar-refractivity contribution in [2.75, 3.05) is 44.4 Å². The molecule has 1 aromatic heterocycles. The van der Waals surface area contributed by atoms with Crippen LogP contribution in [0.2, 0.25) is 0 Å². The number of para-hydroxylation sites is 1. The van der Waals surface area contributed by atoms with Gasteiger partial charge >= 0.3 is 0 Å². The molecule has 1 aliphatic heterocycles. The highest BCUT2D eigenvalue weighted by molar-refractivity contribution is 7.88. The van der Waals surface area contributed by atoms with Crippen molar-refractivity contribution in [3.8, 4) is 22.7 Å². The zero-order valence-electron chi connectivity index (χ0n) is 17.1. The van der Waals surface area contributed by atoms with E-state index in [1.807, 2.05) is 24.3 Å². The molecule has 0 unspecified atom stereocenters. The molecule has 2 heterocycles. The standard InChI is InChI=1S/C21H22F2N4O3S/c1-30-19-14-27(21-17(22)4-3-5-18(21)23)24-20(19)15-6-8-16(9-7-15)25-10-12-26(13-11-25)31(2,28)29/h3-9,14H,10-13H2,1-2H3. The summed E-state index contributed by atoms with van der Waals surface area (Å²) in [6.07, 6.45) is 2.66. The van der Waals surface area contributed by atoms with Crippen LogP contribution in [0.5, 0.6) is 5.75 Å². The number of hydrogen-bond donors (Lipinski definition) is 0. The molecule has 0 amide bonds. The number of anilines is 1. The van der Waals surface area contributed by atoms with E-state index in [-0.39, 0.29) is 5.69 Å². The molecule has 0 spiro atoms. The van der Waals surface area contributed by atoms with Crippen LogP contribution in [0.1, 0.15) is 0 Å². The predicted molar refractivity (Wildman–Crippen MR) is 114 cm³/mol. The fourth-order valence-electron chi connectivity index (χ4n) is 3.64. The molecule has 31 heavy (non-hydrogen) atoms. The normalized spacial score (nSPS) is 15.3. The Labute approximate surface area is 179 Å². The SMILES string of the molecule is COc1cn(-c2c(F)cccc2F)nc1-c1ccc(N2CCN(S(C)(=O)=O)CC2)cc1. The molecule has 1 saturated heterocycles. The molecule has 0 aliphatic carbocycles. The van der Waals surface area contributed by atoms with E-state index in [4.69, 9.17) is 4.74 Å². The van der Waals surface area contributed by atoms with Crippen LogP contribution in [0.4, 0.5) is 14.5 Å². The molecule has 10 heteroatoms. The number of rotatable bonds is 5. The number of piperazine rings is 1. The lowest BCUT2D eigenvalue weighted by Crippen LogP contribution is -2.48. The van der Waals surface area contributed by atoms with Gasteiger partial charge in [0.05, 0.1) is 19.6 Å². The van der Waals surface area contributed by atoms with Crippen LogP contribution in [0.15, 0.2) is 48.7 Å². The van der Waals surface area contributed by atoms with Crippen LogP contribution >= 0.6 is 0 Å². The Morgan fingerprint density at radius 2 is 1.58 bits per heavy atom. The van der Waals surface area contributed by atoms with Crippen molar-refractivity contribution >= 4 is 15.7 Å². The maximum Gasteiger partial charge on any atom is 0.211 e. The minimum atomic E-state index is -3.18. The van der Waals surface area contributed by atoms with Crippen molar-refractivity contribution in [3.63, 3.8) is 0 Å². The summed E-state index contributed by atoms with van der Waals surface area (Å²) < 4.78 is 59.6. The monoisotopic (exact) mass is 448 g/mol. The summed E-state index contributed by atoms with van der Waals surface area (Å²) in [5.41, 5.74) is 1.87. The van der Waals surface area contributed by atoms with Crippen molar-refractivity contribution in [1.82, 2.24) is 14.1 Å². The minimum Gasteiger partial charge on any atom is -0.493 e. The fraction of sp³-hybridized carbons (Fsp3) is 0.286. The van der Waals surface area contributed by atoms with Crippen molar-refractivity contribution in [3.05, 3.63) is 60.3 Å². The Morgan fingerprint density at radius 3 is 2.13 bits per heavy atom. The highest BCUT2D eigenvalue weighted by Gasteiger charge is 2.24. The van der Waals surface area contributed by atoms with Gasteiger partial charge in [0.15, 0.2) is 17.4 Å². The zero-order chi connectivity index (χ0) is 22.2. The molecular weight excluding hydrogens is 426 g/mol. The quantitative estimate of drug-likeness (QED) is 0.601. The molecule has 2 aromatic carbocycles. The second-order valence-corrected chi connectivity index (χ2v) is 9.24. The summed E-state index contributed by atoms with van der Waals surface area (Å²) in [6, 6.07) is 11.2. The molecule has 3 aromatic rings. The number of hydrogen-bond acceptors (Lipinski definition) is 5. The zero-order valence-corrected chi connectivity index (χ0v) is 17.9. The summed E-state index contributed by atoms with van der Waals surface area (Å²) in [5.74, 6) is -1.06. The maximum absolute atomic E-state index is 14.2. The van der Waals surface area contributed by atoms with Crippen LogP contribution in [-0.4, -0.2) is 62.0 Å². The van der Waals surface area contributed by atoms with Gasteiger partial charge in [-0.2, -0.15) is 9.40 Å². The summed E-state index contributed by atoms with van der Waals surface area (Å²) in [4.78, 5) is 2.11. The molecule has 4 rings (SSSR count). The third-order valence-corrected chi connectivity index (χ3v) is 6.58. The van der Waals surface area contributed by atoms with Gasteiger partial charge in [0.2, 0.25) is 10.0 Å². The lowest BCUT2D eigenvalue weighted by atomic mass is 10.1. The Hall–Kier alpha value is -2.98. The van der Waals surface area contributed by atoms with E-state index in [0.29, 0.717) is 37.6 Å². The summed E-state index contributed by atoms with van der Waals surface area (Å²) in [7, 11) is -1.71. The molecule has 0 radical (unpaired) electrons. The largest absolute Gasteiger partial charge is 0.493 e. The first-order valence-electron chi connectivity index (χ1n) is 9.66. The van der Waals surface area contributed by atoms with Gasteiger partial charge in [0.25, 0.3) is 0 Å². The van der Waals surface area contributed by atoms with Crippen molar-refractivity contribution in [2.45, 2.75) is 0 Å². The van der Waals surface area contributed by atoms with Gasteiger partial charge in [0.1, 0.15) is 11.4 Å². The van der Waals surface area contributed by atoms with Crippen LogP contribution in [0.3, 0.4) is 0 Å². The van der Waals surface area contributed by atoms with E-state index in [0.717, 1.165) is 15.9 Å². The Bertz CT molecular complexity index is 1170. The van der Waals surface area contributed by atoms with Gasteiger partial charge < -0.3 is 9.64 Å². The van der Waals surface area contributed by atoms with E-state index >= 15 is 0 Å². The third-order valence-electron chi connectivity index (χ3n) is 5.28. The summed E-state index contributed by atoms with van der Waals surface area (Å²) in [5, 5.41) is 4.35. The van der Waals surface area contributed by atoms with Crippen molar-refractivity contribution in [1.29, 1.82) is 0 Å². The number of sulfonamides is 1. The molecule has 0 atom stereocenters. The average Bonchev–Trinajstić information content (AvgIpc) is 3.17. The molecule has 0 saturated carbocycles. The molecule has 1 aliphatic rings. The fourth-order valence-corrected chi connectivity index (χ4v) is 4.46. The van der Waals surface area contributed by atoms with Crippen LogP contribution in [0.25, 0.3) is 16.9 Å². The lowest BCUT2D eigenvalue weighted by molar-refractivity contribution is 0.388. The Kier molecular flexibility index (Phi) is 5.67. The number of halogens is 2. The van der Waals surface area contributed by atoms with Gasteiger partial charge in [-0.15, -0.1) is 0 Å². The first kappa shape index (κ1) is 21.3. The summed E-state index contributed by atoms with van der Waals surface area (Å²) in [6.45, 7) is 2.06. The molecule has 7 nitrogen and oxygen atoms in total. The molecule has 0 N–H and O–H groups in total. The predicted octanol–water partition coefficient (Wildman–Crippen LogP) is 2.91. The van der Waals surface area contributed by atoms with Gasteiger partial charge in [-0.25, -0.2) is 21.9 Å². The second kappa shape index (κ2) is 8.27. The Morgan fingerprint density at radius 1 is 0.968 bits per heavy atom. The molecule has 164 valence electrons. The van der Waals surface area contributed by atoms with E-state index < -0.39 is 21.7 Å². The van der Waals surface area contributed by atoms with Crippen LogP contribution in [0, 0.1) is 11.6 Å². The lowest BCUT2D eigenvalue weighted by Gasteiger charge is -2.34. The van der Waals surface area contributed by atoms with Gasteiger partial charge in [-0.3, -0.25) is 0 Å². The highest BCUT2D eigenvalue weighted by atomic mass is 32.2. The second-order valence-electron chi connectivity index (χ2n) is 7.26. The summed E-state index contributed by atoms with van der Waals surface area (Å²) >= 11 is 0. The Balaban J connectivity index is 1.58.